The van der Waals surface area contributed by atoms with Gasteiger partial charge in [0.25, 0.3) is 0 Å². The molecule has 146 valence electrons. The number of urea groups is 1. The summed E-state index contributed by atoms with van der Waals surface area (Å²) in [7, 11) is 0. The maximum Gasteiger partial charge on any atom is 0.319 e. The van der Waals surface area contributed by atoms with Gasteiger partial charge in [-0.05, 0) is 43.7 Å². The van der Waals surface area contributed by atoms with E-state index in [1.807, 2.05) is 66.9 Å². The number of para-hydroxylation sites is 2. The first kappa shape index (κ1) is 19.4. The minimum atomic E-state index is -0.233. The molecule has 7 nitrogen and oxygen atoms in total. The number of carbonyl (C=O) groups excluding carboxylic acids is 2. The smallest absolute Gasteiger partial charge is 0.319 e. The van der Waals surface area contributed by atoms with Crippen LogP contribution < -0.4 is 16.0 Å². The van der Waals surface area contributed by atoms with Crippen LogP contribution in [0, 0.1) is 0 Å². The van der Waals surface area contributed by atoms with Gasteiger partial charge in [-0.25, -0.2) is 9.78 Å². The van der Waals surface area contributed by atoms with Crippen molar-refractivity contribution in [2.45, 2.75) is 39.4 Å². The summed E-state index contributed by atoms with van der Waals surface area (Å²) in [4.78, 5) is 28.2. The third-order valence-electron chi connectivity index (χ3n) is 4.23. The van der Waals surface area contributed by atoms with Gasteiger partial charge >= 0.3 is 6.03 Å². The summed E-state index contributed by atoms with van der Waals surface area (Å²) in [6, 6.07) is 15.1. The Kier molecular flexibility index (Phi) is 6.26. The number of imidazole rings is 1. The molecule has 0 aliphatic rings. The van der Waals surface area contributed by atoms with Crippen LogP contribution in [0.1, 0.15) is 25.8 Å². The zero-order chi connectivity index (χ0) is 19.9. The molecule has 0 unspecified atom stereocenters. The second-order valence-electron chi connectivity index (χ2n) is 6.90. The molecular weight excluding hydrogens is 354 g/mol. The molecule has 0 atom stereocenters. The van der Waals surface area contributed by atoms with E-state index < -0.39 is 0 Å². The summed E-state index contributed by atoms with van der Waals surface area (Å²) in [5.41, 5.74) is 3.63. The highest BCUT2D eigenvalue weighted by molar-refractivity contribution is 5.89. The molecule has 1 aromatic heterocycles. The Labute approximate surface area is 164 Å². The van der Waals surface area contributed by atoms with E-state index in [4.69, 9.17) is 0 Å². The van der Waals surface area contributed by atoms with Crippen LogP contribution in [0.5, 0.6) is 0 Å². The standard InChI is InChI=1S/C21H25N5O2/c1-15(2)24-21(28)25-17-9-7-16(8-10-17)13-22-20(27)11-12-26-14-23-18-5-3-4-6-19(18)26/h3-10,14-15H,11-13H2,1-2H3,(H,22,27)(H2,24,25,28). The van der Waals surface area contributed by atoms with Crippen LogP contribution in [0.15, 0.2) is 54.9 Å². The van der Waals surface area contributed by atoms with Crippen LogP contribution in [0.3, 0.4) is 0 Å². The Bertz CT molecular complexity index is 947. The van der Waals surface area contributed by atoms with Gasteiger partial charge in [0, 0.05) is 31.2 Å². The van der Waals surface area contributed by atoms with E-state index >= 15 is 0 Å². The Morgan fingerprint density at radius 2 is 1.82 bits per heavy atom. The minimum Gasteiger partial charge on any atom is -0.352 e. The largest absolute Gasteiger partial charge is 0.352 e. The first-order valence-corrected chi connectivity index (χ1v) is 9.34. The molecule has 3 N–H and O–H groups in total. The van der Waals surface area contributed by atoms with Gasteiger partial charge in [-0.15, -0.1) is 0 Å². The lowest BCUT2D eigenvalue weighted by molar-refractivity contribution is -0.121. The second kappa shape index (κ2) is 9.03. The van der Waals surface area contributed by atoms with Gasteiger partial charge in [-0.1, -0.05) is 24.3 Å². The summed E-state index contributed by atoms with van der Waals surface area (Å²) < 4.78 is 1.98. The number of aryl methyl sites for hydroxylation is 1. The van der Waals surface area contributed by atoms with Gasteiger partial charge in [0.1, 0.15) is 0 Å². The molecule has 0 bridgehead atoms. The van der Waals surface area contributed by atoms with Crippen LogP contribution in [0.4, 0.5) is 10.5 Å². The number of rotatable bonds is 7. The summed E-state index contributed by atoms with van der Waals surface area (Å²) in [6.45, 7) is 4.84. The van der Waals surface area contributed by atoms with Gasteiger partial charge in [-0.2, -0.15) is 0 Å². The number of amides is 3. The van der Waals surface area contributed by atoms with Crippen molar-refractivity contribution in [1.29, 1.82) is 0 Å². The molecule has 28 heavy (non-hydrogen) atoms. The van der Waals surface area contributed by atoms with Crippen molar-refractivity contribution in [3.63, 3.8) is 0 Å². The van der Waals surface area contributed by atoms with E-state index in [1.165, 1.54) is 0 Å². The third-order valence-corrected chi connectivity index (χ3v) is 4.23. The molecule has 0 spiro atoms. The predicted molar refractivity (Wildman–Crippen MR) is 110 cm³/mol. The van der Waals surface area contributed by atoms with Crippen molar-refractivity contribution in [3.05, 3.63) is 60.4 Å². The lowest BCUT2D eigenvalue weighted by Gasteiger charge is -2.11. The van der Waals surface area contributed by atoms with Crippen LogP contribution in [-0.2, 0) is 17.9 Å². The lowest BCUT2D eigenvalue weighted by atomic mass is 10.2. The fraction of sp³-hybridized carbons (Fsp3) is 0.286. The molecule has 0 aliphatic carbocycles. The van der Waals surface area contributed by atoms with Gasteiger partial charge in [0.2, 0.25) is 5.91 Å². The summed E-state index contributed by atoms with van der Waals surface area (Å²) >= 11 is 0. The number of anilines is 1. The minimum absolute atomic E-state index is 0.0173. The number of aromatic nitrogens is 2. The number of fused-ring (bicyclic) bond motifs is 1. The third kappa shape index (κ3) is 5.33. The molecular formula is C21H25N5O2. The van der Waals surface area contributed by atoms with E-state index in [1.54, 1.807) is 6.33 Å². The average Bonchev–Trinajstić information content (AvgIpc) is 3.08. The highest BCUT2D eigenvalue weighted by Gasteiger charge is 2.06. The molecule has 3 aromatic rings. The van der Waals surface area contributed by atoms with Gasteiger partial charge in [0.15, 0.2) is 0 Å². The van der Waals surface area contributed by atoms with Crippen LogP contribution >= 0.6 is 0 Å². The summed E-state index contributed by atoms with van der Waals surface area (Å²) in [5.74, 6) is -0.0173. The molecule has 3 rings (SSSR count). The van der Waals surface area contributed by atoms with E-state index in [-0.39, 0.29) is 18.0 Å². The van der Waals surface area contributed by atoms with Gasteiger partial charge in [0.05, 0.1) is 17.4 Å². The second-order valence-corrected chi connectivity index (χ2v) is 6.90. The van der Waals surface area contributed by atoms with Crippen molar-refractivity contribution >= 4 is 28.7 Å². The SMILES string of the molecule is CC(C)NC(=O)Nc1ccc(CNC(=O)CCn2cnc3ccccc32)cc1. The monoisotopic (exact) mass is 379 g/mol. The predicted octanol–water partition coefficient (Wildman–Crippen LogP) is 3.27. The van der Waals surface area contributed by atoms with Crippen molar-refractivity contribution in [2.24, 2.45) is 0 Å². The molecule has 0 fully saturated rings. The van der Waals surface area contributed by atoms with E-state index in [2.05, 4.69) is 20.9 Å². The van der Waals surface area contributed by atoms with Crippen molar-refractivity contribution < 1.29 is 9.59 Å². The Hall–Kier alpha value is -3.35. The number of hydrogen-bond donors (Lipinski definition) is 3. The Morgan fingerprint density at radius 3 is 2.57 bits per heavy atom. The van der Waals surface area contributed by atoms with Crippen molar-refractivity contribution in [2.75, 3.05) is 5.32 Å². The number of nitrogens with one attached hydrogen (secondary N) is 3. The normalized spacial score (nSPS) is 10.8. The van der Waals surface area contributed by atoms with Crippen molar-refractivity contribution in [3.8, 4) is 0 Å². The molecule has 0 saturated carbocycles. The summed E-state index contributed by atoms with van der Waals surface area (Å²) in [6.07, 6.45) is 2.15. The van der Waals surface area contributed by atoms with Crippen LogP contribution in [0.2, 0.25) is 0 Å². The summed E-state index contributed by atoms with van der Waals surface area (Å²) in [5, 5.41) is 8.46. The maximum absolute atomic E-state index is 12.2. The molecule has 1 heterocycles. The zero-order valence-electron chi connectivity index (χ0n) is 16.1. The van der Waals surface area contributed by atoms with Gasteiger partial charge < -0.3 is 20.5 Å². The molecule has 0 aliphatic heterocycles. The number of carbonyl (C=O) groups is 2. The average molecular weight is 379 g/mol. The number of hydrogen-bond acceptors (Lipinski definition) is 3. The van der Waals surface area contributed by atoms with Crippen LogP contribution in [-0.4, -0.2) is 27.5 Å². The van der Waals surface area contributed by atoms with Crippen molar-refractivity contribution in [1.82, 2.24) is 20.2 Å². The van der Waals surface area contributed by atoms with E-state index in [0.29, 0.717) is 25.2 Å². The molecule has 7 heteroatoms. The Balaban J connectivity index is 1.44. The number of benzene rings is 2. The van der Waals surface area contributed by atoms with E-state index in [9.17, 15) is 9.59 Å². The lowest BCUT2D eigenvalue weighted by Crippen LogP contribution is -2.34. The number of nitrogens with zero attached hydrogens (tertiary/aromatic N) is 2. The molecule has 3 amide bonds. The highest BCUT2D eigenvalue weighted by atomic mass is 16.2. The fourth-order valence-corrected chi connectivity index (χ4v) is 2.83. The quantitative estimate of drug-likeness (QED) is 0.589. The van der Waals surface area contributed by atoms with Crippen LogP contribution in [0.25, 0.3) is 11.0 Å². The van der Waals surface area contributed by atoms with E-state index in [0.717, 1.165) is 16.6 Å². The fourth-order valence-electron chi connectivity index (χ4n) is 2.83. The topological polar surface area (TPSA) is 88.0 Å². The first-order valence-electron chi connectivity index (χ1n) is 9.34. The van der Waals surface area contributed by atoms with Gasteiger partial charge in [-0.3, -0.25) is 4.79 Å². The first-order chi connectivity index (χ1) is 13.5. The Morgan fingerprint density at radius 1 is 1.07 bits per heavy atom. The highest BCUT2D eigenvalue weighted by Crippen LogP contribution is 2.12. The maximum atomic E-state index is 12.2. The molecule has 2 aromatic carbocycles. The molecule has 0 saturated heterocycles. The molecule has 0 radical (unpaired) electrons. The zero-order valence-corrected chi connectivity index (χ0v) is 16.1.